The Labute approximate surface area is 423 Å². The maximum absolute atomic E-state index is 17.2. The minimum absolute atomic E-state index is 0.254. The zero-order chi connectivity index (χ0) is 49.5. The summed E-state index contributed by atoms with van der Waals surface area (Å²) in [7, 11) is 0. The summed E-state index contributed by atoms with van der Waals surface area (Å²) < 4.78 is 35.2. The molecule has 4 nitrogen and oxygen atoms in total. The third-order valence-corrected chi connectivity index (χ3v) is 13.5. The maximum atomic E-state index is 17.2. The maximum Gasteiger partial charge on any atom is 0.127 e. The standard InChI is InChI=1S/C65H47ClF2N4/c1-65(2,3)48-34-58(44-19-9-5-10-20-44)64(59(35-48)45-21-11-6-12-22-45)71(53-26-16-24-50(67)37-53)56-39-51(68)38-55(40-56)70(52-25-15-23-49(66)36-52)63-41-54(31-29-47(63)42-69)72-61-28-14-13-27-57(61)60-33-46(30-32-62(60)72)43-17-7-4-8-18-43/h4-41H,1-3H3. The highest BCUT2D eigenvalue weighted by Crippen LogP contribution is 2.50. The average molecular weight is 958 g/mol. The van der Waals surface area contributed by atoms with Gasteiger partial charge in [0.05, 0.1) is 39.3 Å². The summed E-state index contributed by atoms with van der Waals surface area (Å²) in [6.07, 6.45) is 0. The van der Waals surface area contributed by atoms with E-state index >= 15 is 8.78 Å². The van der Waals surface area contributed by atoms with Crippen molar-refractivity contribution in [3.63, 3.8) is 0 Å². The van der Waals surface area contributed by atoms with Gasteiger partial charge in [-0.05, 0) is 136 Å². The minimum atomic E-state index is -0.545. The van der Waals surface area contributed by atoms with Crippen LogP contribution in [0.2, 0.25) is 5.02 Å². The van der Waals surface area contributed by atoms with Crippen molar-refractivity contribution in [3.05, 3.63) is 258 Å². The molecule has 0 spiro atoms. The Morgan fingerprint density at radius 3 is 1.65 bits per heavy atom. The molecular weight excluding hydrogens is 910 g/mol. The number of benzene rings is 10. The van der Waals surface area contributed by atoms with Crippen molar-refractivity contribution in [1.82, 2.24) is 4.57 Å². The van der Waals surface area contributed by atoms with E-state index in [2.05, 4.69) is 110 Å². The Morgan fingerprint density at radius 1 is 0.458 bits per heavy atom. The van der Waals surface area contributed by atoms with Gasteiger partial charge in [0.25, 0.3) is 0 Å². The van der Waals surface area contributed by atoms with Gasteiger partial charge in [0, 0.05) is 44.0 Å². The molecule has 10 aromatic carbocycles. The number of hydrogen-bond donors (Lipinski definition) is 0. The number of rotatable bonds is 10. The Kier molecular flexibility index (Phi) is 12.0. The zero-order valence-corrected chi connectivity index (χ0v) is 40.6. The molecule has 0 radical (unpaired) electrons. The first-order chi connectivity index (χ1) is 35.0. The molecule has 0 aliphatic heterocycles. The Balaban J connectivity index is 1.17. The van der Waals surface area contributed by atoms with E-state index in [1.165, 1.54) is 24.3 Å². The Bertz CT molecular complexity index is 3790. The molecule has 0 saturated carbocycles. The molecule has 11 aromatic rings. The van der Waals surface area contributed by atoms with Gasteiger partial charge in [-0.25, -0.2) is 8.78 Å². The minimum Gasteiger partial charge on any atom is -0.309 e. The van der Waals surface area contributed by atoms with Crippen LogP contribution >= 0.6 is 11.6 Å². The number of aromatic nitrogens is 1. The number of anilines is 6. The number of fused-ring (bicyclic) bond motifs is 3. The summed E-state index contributed by atoms with van der Waals surface area (Å²) in [4.78, 5) is 3.83. The first kappa shape index (κ1) is 45.7. The van der Waals surface area contributed by atoms with Crippen molar-refractivity contribution in [3.8, 4) is 45.1 Å². The molecule has 0 saturated heterocycles. The predicted octanol–water partition coefficient (Wildman–Crippen LogP) is 18.8. The third-order valence-electron chi connectivity index (χ3n) is 13.3. The number of hydrogen-bond acceptors (Lipinski definition) is 3. The van der Waals surface area contributed by atoms with Crippen LogP contribution in [-0.4, -0.2) is 4.57 Å². The van der Waals surface area contributed by atoms with Gasteiger partial charge in [0.15, 0.2) is 0 Å². The van der Waals surface area contributed by atoms with Crippen LogP contribution in [0.5, 0.6) is 0 Å². The fourth-order valence-electron chi connectivity index (χ4n) is 9.87. The topological polar surface area (TPSA) is 35.2 Å². The monoisotopic (exact) mass is 956 g/mol. The van der Waals surface area contributed by atoms with E-state index < -0.39 is 11.6 Å². The second-order valence-electron chi connectivity index (χ2n) is 19.0. The van der Waals surface area contributed by atoms with Crippen LogP contribution < -0.4 is 9.80 Å². The number of para-hydroxylation sites is 1. The summed E-state index contributed by atoms with van der Waals surface area (Å²) >= 11 is 6.81. The van der Waals surface area contributed by atoms with Gasteiger partial charge in [-0.3, -0.25) is 0 Å². The quantitative estimate of drug-likeness (QED) is 0.137. The van der Waals surface area contributed by atoms with Crippen LogP contribution in [0.25, 0.3) is 60.9 Å². The van der Waals surface area contributed by atoms with E-state index in [4.69, 9.17) is 11.6 Å². The zero-order valence-electron chi connectivity index (χ0n) is 39.9. The van der Waals surface area contributed by atoms with E-state index in [1.54, 1.807) is 12.1 Å². The lowest BCUT2D eigenvalue weighted by Gasteiger charge is -2.34. The molecule has 0 amide bonds. The molecule has 0 unspecified atom stereocenters. The smallest absolute Gasteiger partial charge is 0.127 e. The second-order valence-corrected chi connectivity index (χ2v) is 19.4. The molecule has 0 fully saturated rings. The van der Waals surface area contributed by atoms with E-state index in [1.807, 2.05) is 125 Å². The predicted molar refractivity (Wildman–Crippen MR) is 295 cm³/mol. The summed E-state index contributed by atoms with van der Waals surface area (Å²) in [5.74, 6) is -0.989. The van der Waals surface area contributed by atoms with E-state index in [9.17, 15) is 5.26 Å². The number of nitriles is 1. The van der Waals surface area contributed by atoms with Crippen molar-refractivity contribution < 1.29 is 8.78 Å². The van der Waals surface area contributed by atoms with Crippen LogP contribution in [0.1, 0.15) is 31.9 Å². The molecule has 0 N–H and O–H groups in total. The van der Waals surface area contributed by atoms with E-state index in [-0.39, 0.29) is 5.41 Å². The first-order valence-electron chi connectivity index (χ1n) is 23.9. The van der Waals surface area contributed by atoms with E-state index in [0.717, 1.165) is 72.1 Å². The summed E-state index contributed by atoms with van der Waals surface area (Å²) in [5.41, 5.74) is 13.0. The highest BCUT2D eigenvalue weighted by Gasteiger charge is 2.28. The van der Waals surface area contributed by atoms with Crippen molar-refractivity contribution in [2.75, 3.05) is 9.80 Å². The lowest BCUT2D eigenvalue weighted by molar-refractivity contribution is 0.591. The van der Waals surface area contributed by atoms with Crippen molar-refractivity contribution >= 4 is 67.5 Å². The first-order valence-corrected chi connectivity index (χ1v) is 24.2. The molecule has 7 heteroatoms. The van der Waals surface area contributed by atoms with Crippen molar-refractivity contribution in [1.29, 1.82) is 5.26 Å². The summed E-state index contributed by atoms with van der Waals surface area (Å²) in [6.45, 7) is 6.56. The summed E-state index contributed by atoms with van der Waals surface area (Å²) in [5, 5.41) is 13.6. The molecule has 11 rings (SSSR count). The third kappa shape index (κ3) is 8.65. The van der Waals surface area contributed by atoms with Gasteiger partial charge in [-0.15, -0.1) is 0 Å². The van der Waals surface area contributed by atoms with E-state index in [0.29, 0.717) is 39.0 Å². The van der Waals surface area contributed by atoms with Gasteiger partial charge in [-0.2, -0.15) is 5.26 Å². The highest BCUT2D eigenvalue weighted by atomic mass is 35.5. The molecule has 0 aliphatic carbocycles. The van der Waals surface area contributed by atoms with Gasteiger partial charge in [-0.1, -0.05) is 160 Å². The SMILES string of the molecule is CC(C)(C)c1cc(-c2ccccc2)c(N(c2cccc(F)c2)c2cc(F)cc(N(c3cccc(Cl)c3)c3cc(-n4c5ccccc5c5cc(-c6ccccc6)ccc54)ccc3C#N)c2)c(-c2ccccc2)c1. The van der Waals surface area contributed by atoms with Crippen LogP contribution in [0.3, 0.4) is 0 Å². The lowest BCUT2D eigenvalue weighted by Crippen LogP contribution is -2.17. The van der Waals surface area contributed by atoms with Crippen LogP contribution in [-0.2, 0) is 5.41 Å². The van der Waals surface area contributed by atoms with Crippen molar-refractivity contribution in [2.45, 2.75) is 26.2 Å². The fraction of sp³-hybridized carbons (Fsp3) is 0.0615. The van der Waals surface area contributed by atoms with Gasteiger partial charge >= 0.3 is 0 Å². The molecule has 0 atom stereocenters. The van der Waals surface area contributed by atoms with Crippen LogP contribution in [0.4, 0.5) is 42.9 Å². The molecule has 0 bridgehead atoms. The Morgan fingerprint density at radius 2 is 1.03 bits per heavy atom. The van der Waals surface area contributed by atoms with Gasteiger partial charge in [0.2, 0.25) is 0 Å². The highest BCUT2D eigenvalue weighted by molar-refractivity contribution is 6.31. The van der Waals surface area contributed by atoms with Gasteiger partial charge < -0.3 is 14.4 Å². The summed E-state index contributed by atoms with van der Waals surface area (Å²) in [6, 6.07) is 76.6. The molecular formula is C65H47ClF2N4. The second kappa shape index (κ2) is 18.9. The molecule has 0 aliphatic rings. The van der Waals surface area contributed by atoms with Crippen LogP contribution in [0.15, 0.2) is 231 Å². The molecule has 1 heterocycles. The Hall–Kier alpha value is -8.76. The lowest BCUT2D eigenvalue weighted by atomic mass is 9.82. The average Bonchev–Trinajstić information content (AvgIpc) is 3.73. The normalized spacial score (nSPS) is 11.5. The fourth-order valence-corrected chi connectivity index (χ4v) is 10.1. The van der Waals surface area contributed by atoms with Crippen molar-refractivity contribution in [2.24, 2.45) is 0 Å². The van der Waals surface area contributed by atoms with Gasteiger partial charge in [0.1, 0.15) is 17.7 Å². The molecule has 348 valence electrons. The number of nitrogens with zero attached hydrogens (tertiary/aromatic N) is 4. The van der Waals surface area contributed by atoms with Crippen LogP contribution in [0, 0.1) is 23.0 Å². The molecule has 1 aromatic heterocycles. The molecule has 72 heavy (non-hydrogen) atoms. The number of halogens is 3. The largest absolute Gasteiger partial charge is 0.309 e.